The predicted octanol–water partition coefficient (Wildman–Crippen LogP) is 4.84. The van der Waals surface area contributed by atoms with Crippen LogP contribution in [-0.2, 0) is 0 Å². The zero-order valence-corrected chi connectivity index (χ0v) is 11.9. The van der Waals surface area contributed by atoms with Gasteiger partial charge in [-0.2, -0.15) is 0 Å². The lowest BCUT2D eigenvalue weighted by Crippen LogP contribution is -2.05. The van der Waals surface area contributed by atoms with Crippen molar-refractivity contribution < 1.29 is 0 Å². The monoisotopic (exact) mass is 274 g/mol. The van der Waals surface area contributed by atoms with Crippen LogP contribution in [-0.4, -0.2) is 4.98 Å². The third-order valence-electron chi connectivity index (χ3n) is 3.01. The van der Waals surface area contributed by atoms with Crippen molar-refractivity contribution in [3.63, 3.8) is 0 Å². The van der Waals surface area contributed by atoms with Gasteiger partial charge in [0.05, 0.1) is 21.8 Å². The first-order chi connectivity index (χ1) is 8.74. The predicted molar refractivity (Wildman–Crippen MR) is 80.7 cm³/mol. The van der Waals surface area contributed by atoms with E-state index in [0.29, 0.717) is 6.04 Å². The fourth-order valence-corrected chi connectivity index (χ4v) is 3.74. The summed E-state index contributed by atoms with van der Waals surface area (Å²) >= 11 is 3.49. The number of aryl methyl sites for hydroxylation is 1. The molecular weight excluding hydrogens is 260 g/mol. The molecule has 1 unspecified atom stereocenters. The van der Waals surface area contributed by atoms with E-state index in [1.807, 2.05) is 16.8 Å². The molecule has 0 saturated heterocycles. The number of rotatable bonds is 3. The van der Waals surface area contributed by atoms with E-state index in [-0.39, 0.29) is 0 Å². The summed E-state index contributed by atoms with van der Waals surface area (Å²) in [5, 5.41) is 5.70. The Bertz CT molecular complexity index is 669. The molecule has 92 valence electrons. The van der Waals surface area contributed by atoms with E-state index in [0.717, 1.165) is 11.2 Å². The molecule has 18 heavy (non-hydrogen) atoms. The Hall–Kier alpha value is -1.39. The maximum absolute atomic E-state index is 4.30. The van der Waals surface area contributed by atoms with Gasteiger partial charge in [-0.1, -0.05) is 0 Å². The van der Waals surface area contributed by atoms with Gasteiger partial charge in [-0.05, 0) is 49.1 Å². The summed E-state index contributed by atoms with van der Waals surface area (Å²) in [4.78, 5) is 5.70. The van der Waals surface area contributed by atoms with Crippen LogP contribution < -0.4 is 5.32 Å². The third kappa shape index (κ3) is 2.13. The number of hydrogen-bond acceptors (Lipinski definition) is 4. The summed E-state index contributed by atoms with van der Waals surface area (Å²) in [7, 11) is 0. The molecule has 2 aromatic heterocycles. The molecule has 4 heteroatoms. The van der Waals surface area contributed by atoms with Crippen molar-refractivity contribution in [1.82, 2.24) is 4.98 Å². The highest BCUT2D eigenvalue weighted by atomic mass is 32.1. The van der Waals surface area contributed by atoms with E-state index in [9.17, 15) is 0 Å². The summed E-state index contributed by atoms with van der Waals surface area (Å²) in [5.74, 6) is 0. The quantitative estimate of drug-likeness (QED) is 0.739. The number of thiophene rings is 1. The van der Waals surface area contributed by atoms with Crippen LogP contribution in [0.4, 0.5) is 5.69 Å². The Kier molecular flexibility index (Phi) is 3.06. The zero-order valence-electron chi connectivity index (χ0n) is 10.3. The van der Waals surface area contributed by atoms with Crippen LogP contribution in [0.2, 0.25) is 0 Å². The number of nitrogens with zero attached hydrogens (tertiary/aromatic N) is 1. The number of aromatic nitrogens is 1. The minimum atomic E-state index is 0.343. The van der Waals surface area contributed by atoms with E-state index in [1.165, 1.54) is 15.1 Å². The normalized spacial score (nSPS) is 12.8. The van der Waals surface area contributed by atoms with Gasteiger partial charge in [0.15, 0.2) is 0 Å². The molecule has 0 bridgehead atoms. The molecule has 0 aliphatic heterocycles. The van der Waals surface area contributed by atoms with Gasteiger partial charge in [0, 0.05) is 10.6 Å². The van der Waals surface area contributed by atoms with Gasteiger partial charge < -0.3 is 5.32 Å². The third-order valence-corrected chi connectivity index (χ3v) is 5.00. The van der Waals surface area contributed by atoms with Crippen LogP contribution >= 0.6 is 22.7 Å². The lowest BCUT2D eigenvalue weighted by molar-refractivity contribution is 0.900. The summed E-state index contributed by atoms with van der Waals surface area (Å²) in [5.41, 5.74) is 5.48. The molecule has 0 aliphatic carbocycles. The van der Waals surface area contributed by atoms with Gasteiger partial charge in [0.2, 0.25) is 0 Å². The summed E-state index contributed by atoms with van der Waals surface area (Å²) in [6.45, 7) is 4.37. The fourth-order valence-electron chi connectivity index (χ4n) is 2.09. The maximum Gasteiger partial charge on any atom is 0.0813 e. The van der Waals surface area contributed by atoms with E-state index in [4.69, 9.17) is 0 Å². The van der Waals surface area contributed by atoms with E-state index in [2.05, 4.69) is 53.8 Å². The molecule has 2 nitrogen and oxygen atoms in total. The molecule has 2 heterocycles. The molecule has 3 rings (SSSR count). The highest BCUT2D eigenvalue weighted by Gasteiger charge is 2.10. The van der Waals surface area contributed by atoms with E-state index < -0.39 is 0 Å². The molecule has 0 saturated carbocycles. The standard InChI is InChI=1S/C14H14N2S2/c1-9-5-6-17-14(9)10(2)16-11-3-4-12-13(7-11)18-8-15-12/h3-8,10,16H,1-2H3. The van der Waals surface area contributed by atoms with Crippen molar-refractivity contribution in [2.75, 3.05) is 5.32 Å². The Labute approximate surface area is 114 Å². The molecular formula is C14H14N2S2. The molecule has 1 atom stereocenters. The summed E-state index contributed by atoms with van der Waals surface area (Å²) in [6.07, 6.45) is 0. The topological polar surface area (TPSA) is 24.9 Å². The second-order valence-corrected chi connectivity index (χ2v) is 6.20. The first-order valence-electron chi connectivity index (χ1n) is 5.88. The largest absolute Gasteiger partial charge is 0.378 e. The lowest BCUT2D eigenvalue weighted by Gasteiger charge is -2.15. The Balaban J connectivity index is 1.85. The Morgan fingerprint density at radius 2 is 2.11 bits per heavy atom. The van der Waals surface area contributed by atoms with Crippen molar-refractivity contribution in [3.05, 3.63) is 45.6 Å². The van der Waals surface area contributed by atoms with Gasteiger partial charge in [0.25, 0.3) is 0 Å². The Morgan fingerprint density at radius 3 is 2.89 bits per heavy atom. The minimum absolute atomic E-state index is 0.343. The van der Waals surface area contributed by atoms with Crippen molar-refractivity contribution in [2.45, 2.75) is 19.9 Å². The van der Waals surface area contributed by atoms with Gasteiger partial charge in [-0.3, -0.25) is 0 Å². The van der Waals surface area contributed by atoms with E-state index in [1.54, 1.807) is 11.3 Å². The second-order valence-electron chi connectivity index (χ2n) is 4.37. The minimum Gasteiger partial charge on any atom is -0.378 e. The van der Waals surface area contributed by atoms with Gasteiger partial charge in [-0.15, -0.1) is 22.7 Å². The number of benzene rings is 1. The number of fused-ring (bicyclic) bond motifs is 1. The van der Waals surface area contributed by atoms with Gasteiger partial charge in [0.1, 0.15) is 0 Å². The SMILES string of the molecule is Cc1ccsc1C(C)Nc1ccc2ncsc2c1. The molecule has 0 amide bonds. The average molecular weight is 274 g/mol. The molecule has 0 fully saturated rings. The van der Waals surface area contributed by atoms with Crippen LogP contribution in [0.1, 0.15) is 23.4 Å². The van der Waals surface area contributed by atoms with Crippen LogP contribution in [0.25, 0.3) is 10.2 Å². The smallest absolute Gasteiger partial charge is 0.0813 e. The van der Waals surface area contributed by atoms with Crippen molar-refractivity contribution >= 4 is 38.6 Å². The Morgan fingerprint density at radius 1 is 1.22 bits per heavy atom. The second kappa shape index (κ2) is 4.71. The fraction of sp³-hybridized carbons (Fsp3) is 0.214. The van der Waals surface area contributed by atoms with Crippen molar-refractivity contribution in [3.8, 4) is 0 Å². The molecule has 1 N–H and O–H groups in total. The first kappa shape index (κ1) is 11.7. The molecule has 0 radical (unpaired) electrons. The van der Waals surface area contributed by atoms with E-state index >= 15 is 0 Å². The molecule has 3 aromatic rings. The van der Waals surface area contributed by atoms with Crippen LogP contribution in [0.5, 0.6) is 0 Å². The highest BCUT2D eigenvalue weighted by Crippen LogP contribution is 2.28. The van der Waals surface area contributed by atoms with Gasteiger partial charge in [-0.25, -0.2) is 4.98 Å². The van der Waals surface area contributed by atoms with Crippen LogP contribution in [0.3, 0.4) is 0 Å². The number of thiazole rings is 1. The number of hydrogen-bond donors (Lipinski definition) is 1. The summed E-state index contributed by atoms with van der Waals surface area (Å²) < 4.78 is 1.23. The van der Waals surface area contributed by atoms with Crippen LogP contribution in [0.15, 0.2) is 35.2 Å². The van der Waals surface area contributed by atoms with Gasteiger partial charge >= 0.3 is 0 Å². The molecule has 0 spiro atoms. The van der Waals surface area contributed by atoms with Crippen molar-refractivity contribution in [2.24, 2.45) is 0 Å². The average Bonchev–Trinajstić information content (AvgIpc) is 2.96. The maximum atomic E-state index is 4.30. The summed E-state index contributed by atoms with van der Waals surface area (Å²) in [6, 6.07) is 8.86. The highest BCUT2D eigenvalue weighted by molar-refractivity contribution is 7.16. The molecule has 1 aromatic carbocycles. The first-order valence-corrected chi connectivity index (χ1v) is 7.64. The van der Waals surface area contributed by atoms with Crippen molar-refractivity contribution in [1.29, 1.82) is 0 Å². The number of nitrogens with one attached hydrogen (secondary N) is 1. The molecule has 0 aliphatic rings. The van der Waals surface area contributed by atoms with Crippen LogP contribution in [0, 0.1) is 6.92 Å². The lowest BCUT2D eigenvalue weighted by atomic mass is 10.2. The number of anilines is 1. The zero-order chi connectivity index (χ0) is 12.5.